The number of furan rings is 1. The van der Waals surface area contributed by atoms with Crippen LogP contribution in [0.4, 0.5) is 10.7 Å². The van der Waals surface area contributed by atoms with E-state index in [1.807, 2.05) is 60.6 Å². The predicted molar refractivity (Wildman–Crippen MR) is 113 cm³/mol. The summed E-state index contributed by atoms with van der Waals surface area (Å²) >= 11 is 0. The topological polar surface area (TPSA) is 70.4 Å². The largest absolute Gasteiger partial charge is 0.494 e. The van der Waals surface area contributed by atoms with Gasteiger partial charge in [0.05, 0.1) is 18.3 Å². The number of fused-ring (bicyclic) bond motifs is 1. The van der Waals surface area contributed by atoms with Gasteiger partial charge < -0.3 is 23.2 Å². The van der Waals surface area contributed by atoms with Crippen LogP contribution in [0.1, 0.15) is 48.5 Å². The van der Waals surface area contributed by atoms with Crippen molar-refractivity contribution >= 4 is 35.5 Å². The molecular formula is C21H30BNO6. The van der Waals surface area contributed by atoms with Gasteiger partial charge in [-0.25, -0.2) is 4.79 Å². The van der Waals surface area contributed by atoms with E-state index in [1.165, 1.54) is 4.90 Å². The molecule has 1 aliphatic rings. The second-order valence-electron chi connectivity index (χ2n) is 9.35. The number of nitrogens with zero attached hydrogens (tertiary/aromatic N) is 1. The zero-order valence-corrected chi connectivity index (χ0v) is 18.7. The van der Waals surface area contributed by atoms with Crippen molar-refractivity contribution in [1.29, 1.82) is 0 Å². The van der Waals surface area contributed by atoms with Gasteiger partial charge in [0.2, 0.25) is 5.88 Å². The zero-order valence-electron chi connectivity index (χ0n) is 18.7. The third-order valence-corrected chi connectivity index (χ3v) is 5.33. The van der Waals surface area contributed by atoms with Gasteiger partial charge >= 0.3 is 13.2 Å². The molecule has 29 heavy (non-hydrogen) atoms. The van der Waals surface area contributed by atoms with Crippen LogP contribution in [-0.2, 0) is 14.0 Å². The quantitative estimate of drug-likeness (QED) is 0.719. The van der Waals surface area contributed by atoms with Gasteiger partial charge in [0.25, 0.3) is 0 Å². The summed E-state index contributed by atoms with van der Waals surface area (Å²) in [5.41, 5.74) is -0.131. The minimum atomic E-state index is -0.598. The number of carbonyl (C=O) groups excluding carboxylic acids is 1. The van der Waals surface area contributed by atoms with Crippen molar-refractivity contribution in [1.82, 2.24) is 0 Å². The number of ether oxygens (including phenoxy) is 2. The molecule has 8 heteroatoms. The number of amides is 1. The normalized spacial score (nSPS) is 18.2. The Morgan fingerprint density at radius 2 is 1.66 bits per heavy atom. The summed E-state index contributed by atoms with van der Waals surface area (Å²) in [6, 6.07) is 5.54. The Labute approximate surface area is 172 Å². The molecule has 0 spiro atoms. The van der Waals surface area contributed by atoms with E-state index < -0.39 is 30.0 Å². The van der Waals surface area contributed by atoms with Gasteiger partial charge in [0.15, 0.2) is 11.3 Å². The Kier molecular flexibility index (Phi) is 5.16. The lowest BCUT2D eigenvalue weighted by atomic mass is 9.78. The van der Waals surface area contributed by atoms with Crippen molar-refractivity contribution in [2.24, 2.45) is 0 Å². The molecule has 1 saturated heterocycles. The molecule has 0 bridgehead atoms. The van der Waals surface area contributed by atoms with Crippen LogP contribution < -0.4 is 15.1 Å². The summed E-state index contributed by atoms with van der Waals surface area (Å²) in [5, 5.41) is 0.777. The number of carbonyl (C=O) groups is 1. The average molecular weight is 403 g/mol. The second kappa shape index (κ2) is 6.95. The van der Waals surface area contributed by atoms with Crippen molar-refractivity contribution in [2.45, 2.75) is 65.3 Å². The lowest BCUT2D eigenvalue weighted by Gasteiger charge is -2.32. The molecule has 0 saturated carbocycles. The van der Waals surface area contributed by atoms with Crippen molar-refractivity contribution in [2.75, 3.05) is 19.1 Å². The standard InChI is InChI=1S/C21H30BNO6/c1-19(2,3)27-18(24)23(8)16-11-13-10-14(12-15(25-9)17(13)26-16)22-28-20(4,5)21(6,7)29-22/h10-12H,1-9H3. The van der Waals surface area contributed by atoms with E-state index in [2.05, 4.69) is 0 Å². The highest BCUT2D eigenvalue weighted by Crippen LogP contribution is 2.38. The third kappa shape index (κ3) is 4.09. The van der Waals surface area contributed by atoms with Crippen LogP contribution in [0.5, 0.6) is 5.75 Å². The van der Waals surface area contributed by atoms with Gasteiger partial charge in [-0.1, -0.05) is 6.07 Å². The van der Waals surface area contributed by atoms with Gasteiger partial charge in [0.1, 0.15) is 5.60 Å². The van der Waals surface area contributed by atoms with Crippen LogP contribution in [-0.4, -0.2) is 44.2 Å². The van der Waals surface area contributed by atoms with Crippen LogP contribution in [0.3, 0.4) is 0 Å². The maximum absolute atomic E-state index is 12.4. The van der Waals surface area contributed by atoms with Gasteiger partial charge in [0, 0.05) is 18.5 Å². The molecule has 0 aliphatic carbocycles. The summed E-state index contributed by atoms with van der Waals surface area (Å²) in [6.45, 7) is 13.5. The highest BCUT2D eigenvalue weighted by Gasteiger charge is 2.51. The number of hydrogen-bond acceptors (Lipinski definition) is 6. The van der Waals surface area contributed by atoms with E-state index >= 15 is 0 Å². The first-order chi connectivity index (χ1) is 13.2. The van der Waals surface area contributed by atoms with E-state index in [9.17, 15) is 4.79 Å². The summed E-state index contributed by atoms with van der Waals surface area (Å²) in [4.78, 5) is 13.7. The minimum absolute atomic E-state index is 0.360. The number of hydrogen-bond donors (Lipinski definition) is 0. The maximum Gasteiger partial charge on any atom is 0.494 e. The van der Waals surface area contributed by atoms with Crippen LogP contribution in [0.15, 0.2) is 22.6 Å². The number of methoxy groups -OCH3 is 1. The van der Waals surface area contributed by atoms with Gasteiger partial charge in [-0.2, -0.15) is 0 Å². The zero-order chi connectivity index (χ0) is 21.8. The molecule has 1 aromatic carbocycles. The number of anilines is 1. The smallest absolute Gasteiger partial charge is 0.493 e. The lowest BCUT2D eigenvalue weighted by Crippen LogP contribution is -2.41. The molecule has 2 heterocycles. The van der Waals surface area contributed by atoms with Crippen molar-refractivity contribution in [3.63, 3.8) is 0 Å². The Morgan fingerprint density at radius 3 is 2.17 bits per heavy atom. The van der Waals surface area contributed by atoms with Crippen LogP contribution in [0, 0.1) is 0 Å². The fourth-order valence-corrected chi connectivity index (χ4v) is 2.98. The van der Waals surface area contributed by atoms with Crippen LogP contribution >= 0.6 is 0 Å². The Bertz CT molecular complexity index is 911. The van der Waals surface area contributed by atoms with E-state index in [4.69, 9.17) is 23.2 Å². The summed E-state index contributed by atoms with van der Waals surface area (Å²) in [5.74, 6) is 0.898. The van der Waals surface area contributed by atoms with E-state index in [1.54, 1.807) is 20.2 Å². The van der Waals surface area contributed by atoms with E-state index in [0.717, 1.165) is 10.8 Å². The Hall–Kier alpha value is -2.19. The minimum Gasteiger partial charge on any atom is -0.493 e. The molecule has 1 aromatic heterocycles. The first-order valence-corrected chi connectivity index (χ1v) is 9.68. The fraction of sp³-hybridized carbons (Fsp3) is 0.571. The monoisotopic (exact) mass is 403 g/mol. The Morgan fingerprint density at radius 1 is 1.07 bits per heavy atom. The molecule has 3 rings (SSSR count). The van der Waals surface area contributed by atoms with Crippen molar-refractivity contribution in [3.8, 4) is 5.75 Å². The van der Waals surface area contributed by atoms with E-state index in [-0.39, 0.29) is 0 Å². The predicted octanol–water partition coefficient (Wildman–Crippen LogP) is 4.11. The van der Waals surface area contributed by atoms with Crippen molar-refractivity contribution < 1.29 is 28.0 Å². The molecule has 0 N–H and O–H groups in total. The molecule has 0 radical (unpaired) electrons. The van der Waals surface area contributed by atoms with Crippen molar-refractivity contribution in [3.05, 3.63) is 18.2 Å². The summed E-state index contributed by atoms with van der Waals surface area (Å²) < 4.78 is 29.2. The van der Waals surface area contributed by atoms with Crippen LogP contribution in [0.2, 0.25) is 0 Å². The highest BCUT2D eigenvalue weighted by molar-refractivity contribution is 6.62. The van der Waals surface area contributed by atoms with Gasteiger partial charge in [-0.05, 0) is 60.0 Å². The molecular weight excluding hydrogens is 373 g/mol. The molecule has 1 aliphatic heterocycles. The summed E-state index contributed by atoms with van der Waals surface area (Å²) in [7, 11) is 2.65. The van der Waals surface area contributed by atoms with Crippen LogP contribution in [0.25, 0.3) is 11.0 Å². The lowest BCUT2D eigenvalue weighted by molar-refractivity contribution is 0.00578. The maximum atomic E-state index is 12.4. The third-order valence-electron chi connectivity index (χ3n) is 5.33. The molecule has 1 amide bonds. The fourth-order valence-electron chi connectivity index (χ4n) is 2.98. The first kappa shape index (κ1) is 21.5. The number of rotatable bonds is 3. The molecule has 0 unspecified atom stereocenters. The highest BCUT2D eigenvalue weighted by atomic mass is 16.7. The molecule has 0 atom stereocenters. The molecule has 7 nitrogen and oxygen atoms in total. The van der Waals surface area contributed by atoms with Gasteiger partial charge in [-0.3, -0.25) is 4.90 Å². The SMILES string of the molecule is COc1cc(B2OC(C)(C)C(C)(C)O2)cc2cc(N(C)C(=O)OC(C)(C)C)oc12. The van der Waals surface area contributed by atoms with Gasteiger partial charge in [-0.15, -0.1) is 0 Å². The Balaban J connectivity index is 1.96. The van der Waals surface area contributed by atoms with E-state index in [0.29, 0.717) is 17.2 Å². The molecule has 158 valence electrons. The molecule has 2 aromatic rings. The first-order valence-electron chi connectivity index (χ1n) is 9.68. The average Bonchev–Trinajstić information content (AvgIpc) is 3.09. The number of benzene rings is 1. The molecule has 1 fully saturated rings. The second-order valence-corrected chi connectivity index (χ2v) is 9.35. The summed E-state index contributed by atoms with van der Waals surface area (Å²) in [6.07, 6.45) is -0.498.